The Morgan fingerprint density at radius 3 is 2.77 bits per heavy atom. The fraction of sp³-hybridized carbons (Fsp3) is 0.550. The molecule has 11 nitrogen and oxygen atoms in total. The first kappa shape index (κ1) is 28.3. The van der Waals surface area contributed by atoms with Gasteiger partial charge in [-0.15, -0.1) is 23.1 Å². The topological polar surface area (TPSA) is 151 Å². The molecule has 3 unspecified atom stereocenters. The predicted molar refractivity (Wildman–Crippen MR) is 129 cm³/mol. The first-order chi connectivity index (χ1) is 16.0. The molecule has 0 saturated carbocycles. The Morgan fingerprint density at radius 1 is 1.49 bits per heavy atom. The minimum absolute atomic E-state index is 0. The van der Waals surface area contributed by atoms with E-state index in [1.54, 1.807) is 19.2 Å². The average molecular weight is 550 g/mol. The van der Waals surface area contributed by atoms with Crippen molar-refractivity contribution in [2.45, 2.75) is 55.7 Å². The molecule has 0 spiro atoms. The van der Waals surface area contributed by atoms with Crippen molar-refractivity contribution >= 4 is 63.0 Å². The third kappa shape index (κ3) is 5.54. The van der Waals surface area contributed by atoms with E-state index in [2.05, 4.69) is 15.5 Å². The molecule has 4 rings (SSSR count). The van der Waals surface area contributed by atoms with Crippen molar-refractivity contribution in [1.82, 2.24) is 15.2 Å². The summed E-state index contributed by atoms with van der Waals surface area (Å²) in [6.07, 6.45) is 0.127. The number of nitrogens with one attached hydrogen (secondary N) is 1. The second kappa shape index (κ2) is 11.0. The molecule has 1 aromatic heterocycles. The van der Waals surface area contributed by atoms with Gasteiger partial charge in [0.15, 0.2) is 16.6 Å². The smallest absolute Gasteiger partial charge is 0.863 e. The molecule has 1 aromatic rings. The Labute approximate surface area is 238 Å². The molecule has 0 aliphatic carbocycles. The summed E-state index contributed by atoms with van der Waals surface area (Å²) in [5.74, 6) is -1.91. The van der Waals surface area contributed by atoms with Gasteiger partial charge in [-0.05, 0) is 31.4 Å². The first-order valence-electron chi connectivity index (χ1n) is 10.4. The van der Waals surface area contributed by atoms with Crippen LogP contribution in [0.2, 0.25) is 0 Å². The van der Waals surface area contributed by atoms with Crippen molar-refractivity contribution in [2.24, 2.45) is 5.16 Å². The minimum Gasteiger partial charge on any atom is -0.863 e. The van der Waals surface area contributed by atoms with Gasteiger partial charge in [-0.25, -0.2) is 4.98 Å². The van der Waals surface area contributed by atoms with Gasteiger partial charge in [0.2, 0.25) is 0 Å². The van der Waals surface area contributed by atoms with Crippen LogP contribution in [-0.2, 0) is 23.9 Å². The summed E-state index contributed by atoms with van der Waals surface area (Å²) in [6, 6.07) is -0.879. The number of nitrogen functional groups attached to an aromatic ring is 1. The number of rotatable bonds is 6. The van der Waals surface area contributed by atoms with Crippen LogP contribution in [0.5, 0.6) is 0 Å². The number of carbonyl (C=O) groups is 2. The fourth-order valence-corrected chi connectivity index (χ4v) is 6.45. The second-order valence-corrected chi connectivity index (χ2v) is 11.0. The van der Waals surface area contributed by atoms with Crippen LogP contribution >= 0.6 is 35.3 Å². The molecule has 2 amide bonds. The fourth-order valence-electron chi connectivity index (χ4n) is 4.19. The number of amides is 2. The third-order valence-electron chi connectivity index (χ3n) is 5.58. The molecule has 2 fully saturated rings. The SMILES string of the molecule is CO/N=C(\C(=O)NC1C(=O)N2C(C([O-])=S)=C(C3CCOC(C)(C)O3)C(C)S[C@H]12)c1csc(N)n1.[Na+]. The van der Waals surface area contributed by atoms with E-state index in [0.29, 0.717) is 18.6 Å². The molecule has 3 aliphatic rings. The molecule has 35 heavy (non-hydrogen) atoms. The van der Waals surface area contributed by atoms with Crippen LogP contribution < -0.4 is 45.7 Å². The molecule has 4 heterocycles. The summed E-state index contributed by atoms with van der Waals surface area (Å²) >= 11 is 7.60. The Morgan fingerprint density at radius 2 is 2.20 bits per heavy atom. The van der Waals surface area contributed by atoms with Crippen LogP contribution in [0.1, 0.15) is 32.9 Å². The van der Waals surface area contributed by atoms with Gasteiger partial charge >= 0.3 is 29.6 Å². The summed E-state index contributed by atoms with van der Waals surface area (Å²) in [4.78, 5) is 36.3. The Balaban J connectivity index is 0.00000342. The maximum Gasteiger partial charge on any atom is 1.00 e. The number of β-lactam (4-membered cyclic amide) rings is 1. The molecule has 3 aliphatic heterocycles. The minimum atomic E-state index is -0.879. The molecular formula is C20H24N5NaO6S3. The van der Waals surface area contributed by atoms with Crippen molar-refractivity contribution in [3.8, 4) is 0 Å². The van der Waals surface area contributed by atoms with E-state index in [-0.39, 0.29) is 57.0 Å². The quantitative estimate of drug-likeness (QED) is 0.127. The van der Waals surface area contributed by atoms with Gasteiger partial charge in [0.25, 0.3) is 11.8 Å². The maximum atomic E-state index is 13.1. The summed E-state index contributed by atoms with van der Waals surface area (Å²) in [7, 11) is 1.30. The van der Waals surface area contributed by atoms with Crippen molar-refractivity contribution < 1.29 is 58.6 Å². The molecule has 0 radical (unpaired) electrons. The van der Waals surface area contributed by atoms with Crippen LogP contribution in [0, 0.1) is 0 Å². The number of thiocarbonyl (C=S) groups is 1. The zero-order valence-electron chi connectivity index (χ0n) is 19.9. The number of nitrogens with two attached hydrogens (primary N) is 1. The van der Waals surface area contributed by atoms with Gasteiger partial charge in [0.1, 0.15) is 24.2 Å². The summed E-state index contributed by atoms with van der Waals surface area (Å²) < 4.78 is 11.7. The monoisotopic (exact) mass is 549 g/mol. The van der Waals surface area contributed by atoms with Crippen LogP contribution in [0.4, 0.5) is 5.13 Å². The Bertz CT molecular complexity index is 1090. The van der Waals surface area contributed by atoms with Gasteiger partial charge < -0.3 is 30.5 Å². The van der Waals surface area contributed by atoms with Gasteiger partial charge in [-0.1, -0.05) is 17.4 Å². The van der Waals surface area contributed by atoms with E-state index in [9.17, 15) is 14.7 Å². The van der Waals surface area contributed by atoms with Crippen molar-refractivity contribution in [1.29, 1.82) is 0 Å². The Kier molecular flexibility index (Phi) is 8.90. The van der Waals surface area contributed by atoms with Crippen molar-refractivity contribution in [2.75, 3.05) is 19.5 Å². The number of carbonyl (C=O) groups excluding carboxylic acids is 2. The number of fused-ring (bicyclic) bond motifs is 1. The van der Waals surface area contributed by atoms with Gasteiger partial charge in [0, 0.05) is 17.1 Å². The number of anilines is 1. The summed E-state index contributed by atoms with van der Waals surface area (Å²) in [6.45, 7) is 5.98. The standard InChI is InChI=1S/C20H25N5O6S3.Na/c1-8-11(10-5-6-30-20(2,3)31-10)14(18(28)32)25-16(27)13(17(25)34-8)23-15(26)12(24-29-4)9-7-33-19(21)22-9;/h7-8,10,13,17H,5-6H2,1-4H3,(H2,21,22)(H,23,26)(H,28,32);/q;+1/p-1/b24-12-;/t8?,10?,13?,17-;/m1./s1. The number of ether oxygens (including phenoxy) is 2. The van der Waals surface area contributed by atoms with Crippen LogP contribution in [0.25, 0.3) is 0 Å². The molecule has 0 aromatic carbocycles. The van der Waals surface area contributed by atoms with Gasteiger partial charge in [0.05, 0.1) is 18.4 Å². The number of thioether (sulfide) groups is 1. The number of hydrogen-bond acceptors (Lipinski definition) is 12. The van der Waals surface area contributed by atoms with Crippen LogP contribution in [0.3, 0.4) is 0 Å². The molecule has 4 atom stereocenters. The van der Waals surface area contributed by atoms with Gasteiger partial charge in [-0.2, -0.15) is 0 Å². The molecule has 2 saturated heterocycles. The van der Waals surface area contributed by atoms with E-state index in [1.165, 1.54) is 23.8 Å². The second-order valence-electron chi connectivity index (χ2n) is 8.26. The molecule has 15 heteroatoms. The van der Waals surface area contributed by atoms with Crippen molar-refractivity contribution in [3.63, 3.8) is 0 Å². The summed E-state index contributed by atoms with van der Waals surface area (Å²) in [5, 5.41) is 19.5. The third-order valence-corrected chi connectivity index (χ3v) is 7.88. The number of oxime groups is 1. The van der Waals surface area contributed by atoms with E-state index < -0.39 is 40.2 Å². The van der Waals surface area contributed by atoms with E-state index in [1.807, 2.05) is 6.92 Å². The molecule has 184 valence electrons. The van der Waals surface area contributed by atoms with Crippen molar-refractivity contribution in [3.05, 3.63) is 22.3 Å². The van der Waals surface area contributed by atoms with E-state index >= 15 is 0 Å². The molecule has 0 bridgehead atoms. The molecular weight excluding hydrogens is 525 g/mol. The Hall–Kier alpha value is -1.26. The maximum absolute atomic E-state index is 13.1. The normalized spacial score (nSPS) is 27.9. The number of thiazole rings is 1. The number of hydrogen-bond donors (Lipinski definition) is 2. The predicted octanol–water partition coefficient (Wildman–Crippen LogP) is -2.65. The first-order valence-corrected chi connectivity index (χ1v) is 12.7. The molecule has 3 N–H and O–H groups in total. The zero-order chi connectivity index (χ0) is 24.8. The van der Waals surface area contributed by atoms with Crippen LogP contribution in [-0.4, -0.2) is 74.7 Å². The van der Waals surface area contributed by atoms with Crippen LogP contribution in [0.15, 0.2) is 21.8 Å². The summed E-state index contributed by atoms with van der Waals surface area (Å²) in [5.41, 5.74) is 6.62. The van der Waals surface area contributed by atoms with E-state index in [0.717, 1.165) is 11.3 Å². The number of aromatic nitrogens is 1. The average Bonchev–Trinajstić information content (AvgIpc) is 3.19. The van der Waals surface area contributed by atoms with E-state index in [4.69, 9.17) is 32.3 Å². The largest absolute Gasteiger partial charge is 1.00 e. The number of nitrogens with zero attached hydrogens (tertiary/aromatic N) is 3. The van der Waals surface area contributed by atoms with Gasteiger partial charge in [-0.3, -0.25) is 14.5 Å². The zero-order valence-corrected chi connectivity index (χ0v) is 24.3.